The number of aliphatic carboxylic acids is 1. The third-order valence-electron chi connectivity index (χ3n) is 7.82. The number of nitrogens with two attached hydrogens (primary N) is 1. The number of nitrogens with one attached hydrogen (secondary N) is 2. The van der Waals surface area contributed by atoms with E-state index in [9.17, 15) is 29.4 Å². The quantitative estimate of drug-likeness (QED) is 0.270. The molecule has 2 aliphatic rings. The number of fused-ring (bicyclic) bond motifs is 1. The number of pyridine rings is 1. The normalized spacial score (nSPS) is 22.5. The summed E-state index contributed by atoms with van der Waals surface area (Å²) in [6, 6.07) is 8.57. The van der Waals surface area contributed by atoms with Crippen molar-refractivity contribution in [3.63, 3.8) is 0 Å². The number of benzene rings is 1. The molecule has 3 amide bonds. The Morgan fingerprint density at radius 2 is 1.85 bits per heavy atom. The second-order valence-electron chi connectivity index (χ2n) is 12.6. The van der Waals surface area contributed by atoms with Crippen molar-refractivity contribution in [2.45, 2.75) is 90.2 Å². The number of amides is 3. The zero-order valence-corrected chi connectivity index (χ0v) is 27.4. The molecule has 0 aliphatic carbocycles. The number of rotatable bonds is 9. The molecule has 2 aliphatic heterocycles. The lowest BCUT2D eigenvalue weighted by Crippen LogP contribution is -2.60. The standard InChI is InChI=1S/C20H23NO4.C13H24N4O4/c1-4-16-8-7-15-6-5-14(11-17(15)21-16)9-10-20(18(22)23)13-24-19(2,3)12-25-20;1-7(2)10(18)12(20)15-8(3)13(21)17-6-4-5-9(16-17)11(14)19/h5-11H,4,12-13H2,1-3H3,(H,22,23);7-10,16,18H,4-6H2,1-3H3,(H2,14,19)(H,15,20)/b10-9+;. The Morgan fingerprint density at radius 3 is 2.43 bits per heavy atom. The Morgan fingerprint density at radius 1 is 1.15 bits per heavy atom. The van der Waals surface area contributed by atoms with Gasteiger partial charge in [-0.2, -0.15) is 0 Å². The lowest BCUT2D eigenvalue weighted by Gasteiger charge is -2.39. The number of carbonyl (C=O) groups excluding carboxylic acids is 3. The number of hydrazine groups is 1. The molecule has 4 atom stereocenters. The van der Waals surface area contributed by atoms with Gasteiger partial charge in [0.2, 0.25) is 17.4 Å². The van der Waals surface area contributed by atoms with Gasteiger partial charge in [-0.3, -0.25) is 24.4 Å². The highest BCUT2D eigenvalue weighted by atomic mass is 16.6. The van der Waals surface area contributed by atoms with E-state index in [0.717, 1.165) is 28.6 Å². The third kappa shape index (κ3) is 9.55. The summed E-state index contributed by atoms with van der Waals surface area (Å²) in [7, 11) is 0. The number of aryl methyl sites for hydroxylation is 1. The van der Waals surface area contributed by atoms with E-state index in [2.05, 4.69) is 22.7 Å². The van der Waals surface area contributed by atoms with Crippen molar-refractivity contribution in [3.8, 4) is 0 Å². The van der Waals surface area contributed by atoms with Gasteiger partial charge in [0.1, 0.15) is 18.2 Å². The van der Waals surface area contributed by atoms with Gasteiger partial charge in [0.05, 0.1) is 24.3 Å². The van der Waals surface area contributed by atoms with Gasteiger partial charge in [-0.15, -0.1) is 0 Å². The average molecular weight is 642 g/mol. The molecule has 2 aromatic rings. The van der Waals surface area contributed by atoms with Crippen molar-refractivity contribution >= 4 is 40.7 Å². The molecule has 13 nitrogen and oxygen atoms in total. The minimum atomic E-state index is -1.46. The number of hydrogen-bond acceptors (Lipinski definition) is 9. The van der Waals surface area contributed by atoms with Crippen molar-refractivity contribution in [3.05, 3.63) is 47.7 Å². The SMILES string of the molecule is CC(NC(=O)C(O)C(C)C)C(=O)N1CCCC(C(N)=O)N1.CCc1ccc2ccc(/C=C/C3(C(=O)O)COC(C)(C)CO3)cc2n1. The fourth-order valence-electron chi connectivity index (χ4n) is 4.73. The summed E-state index contributed by atoms with van der Waals surface area (Å²) in [4.78, 5) is 51.4. The first-order chi connectivity index (χ1) is 21.6. The van der Waals surface area contributed by atoms with Crippen molar-refractivity contribution in [2.75, 3.05) is 19.8 Å². The van der Waals surface area contributed by atoms with Gasteiger partial charge in [-0.25, -0.2) is 10.2 Å². The molecule has 4 unspecified atom stereocenters. The molecule has 46 heavy (non-hydrogen) atoms. The maximum atomic E-state index is 12.2. The predicted molar refractivity (Wildman–Crippen MR) is 172 cm³/mol. The van der Waals surface area contributed by atoms with Gasteiger partial charge in [0.15, 0.2) is 0 Å². The van der Waals surface area contributed by atoms with E-state index in [1.54, 1.807) is 26.0 Å². The largest absolute Gasteiger partial charge is 0.479 e. The predicted octanol–water partition coefficient (Wildman–Crippen LogP) is 1.95. The summed E-state index contributed by atoms with van der Waals surface area (Å²) in [5, 5.41) is 24.1. The van der Waals surface area contributed by atoms with Crippen molar-refractivity contribution < 1.29 is 38.9 Å². The lowest BCUT2D eigenvalue weighted by atomic mass is 9.99. The van der Waals surface area contributed by atoms with Crippen LogP contribution >= 0.6 is 0 Å². The topological polar surface area (TPSA) is 193 Å². The van der Waals surface area contributed by atoms with E-state index in [1.807, 2.05) is 44.2 Å². The molecule has 252 valence electrons. The monoisotopic (exact) mass is 641 g/mol. The summed E-state index contributed by atoms with van der Waals surface area (Å²) >= 11 is 0. The fourth-order valence-corrected chi connectivity index (χ4v) is 4.73. The highest BCUT2D eigenvalue weighted by Gasteiger charge is 2.44. The molecule has 1 aromatic heterocycles. The molecule has 0 bridgehead atoms. The van der Waals surface area contributed by atoms with Crippen LogP contribution in [0.1, 0.15) is 65.6 Å². The number of aliphatic hydroxyl groups is 1. The van der Waals surface area contributed by atoms with Gasteiger partial charge in [-0.05, 0) is 69.7 Å². The molecule has 0 spiro atoms. The number of carbonyl (C=O) groups is 4. The minimum Gasteiger partial charge on any atom is -0.479 e. The molecule has 13 heteroatoms. The van der Waals surface area contributed by atoms with Crippen molar-refractivity contribution in [2.24, 2.45) is 11.7 Å². The average Bonchev–Trinajstić information content (AvgIpc) is 3.03. The summed E-state index contributed by atoms with van der Waals surface area (Å²) in [5.74, 6) is -2.76. The second kappa shape index (κ2) is 15.6. The smallest absolute Gasteiger partial charge is 0.342 e. The zero-order valence-electron chi connectivity index (χ0n) is 27.4. The van der Waals surface area contributed by atoms with Gasteiger partial charge >= 0.3 is 5.97 Å². The molecular formula is C33H47N5O8. The molecule has 4 rings (SSSR count). The van der Waals surface area contributed by atoms with Crippen molar-refractivity contribution in [1.29, 1.82) is 0 Å². The Labute approximate surface area is 269 Å². The van der Waals surface area contributed by atoms with Crippen LogP contribution in [0.2, 0.25) is 0 Å². The van der Waals surface area contributed by atoms with Crippen LogP contribution < -0.4 is 16.5 Å². The number of hydrogen-bond donors (Lipinski definition) is 5. The van der Waals surface area contributed by atoms with Gasteiger partial charge in [0, 0.05) is 17.6 Å². The molecule has 2 saturated heterocycles. The first kappa shape index (κ1) is 36.6. The van der Waals surface area contributed by atoms with E-state index >= 15 is 0 Å². The van der Waals surface area contributed by atoms with Crippen LogP contribution in [0.3, 0.4) is 0 Å². The first-order valence-corrected chi connectivity index (χ1v) is 15.5. The van der Waals surface area contributed by atoms with Crippen LogP contribution in [0.5, 0.6) is 0 Å². The minimum absolute atomic E-state index is 0.0162. The number of carboxylic acids is 1. The van der Waals surface area contributed by atoms with Crippen LogP contribution in [0, 0.1) is 5.92 Å². The van der Waals surface area contributed by atoms with Crippen LogP contribution in [-0.2, 0) is 35.1 Å². The van der Waals surface area contributed by atoms with E-state index in [4.69, 9.17) is 15.2 Å². The Bertz CT molecular complexity index is 1430. The van der Waals surface area contributed by atoms with Crippen LogP contribution in [-0.4, -0.2) is 93.0 Å². The zero-order chi connectivity index (χ0) is 34.2. The molecule has 0 saturated carbocycles. The molecule has 3 heterocycles. The number of carboxylic acid groups (broad SMARTS) is 1. The second-order valence-corrected chi connectivity index (χ2v) is 12.6. The van der Waals surface area contributed by atoms with E-state index in [0.29, 0.717) is 19.4 Å². The molecule has 6 N–H and O–H groups in total. The van der Waals surface area contributed by atoms with Crippen molar-refractivity contribution in [1.82, 2.24) is 20.7 Å². The highest BCUT2D eigenvalue weighted by Crippen LogP contribution is 2.28. The molecule has 1 aromatic carbocycles. The number of nitrogens with zero attached hydrogens (tertiary/aromatic N) is 2. The van der Waals surface area contributed by atoms with E-state index < -0.39 is 47.2 Å². The summed E-state index contributed by atoms with van der Waals surface area (Å²) in [6.07, 6.45) is 4.27. The molecule has 2 fully saturated rings. The Hall–Kier alpha value is -3.91. The highest BCUT2D eigenvalue weighted by molar-refractivity contribution is 5.89. The molecular weight excluding hydrogens is 594 g/mol. The summed E-state index contributed by atoms with van der Waals surface area (Å²) < 4.78 is 11.3. The lowest BCUT2D eigenvalue weighted by molar-refractivity contribution is -0.216. The number of primary amides is 1. The van der Waals surface area contributed by atoms with E-state index in [-0.39, 0.29) is 25.0 Å². The maximum Gasteiger partial charge on any atom is 0.342 e. The summed E-state index contributed by atoms with van der Waals surface area (Å²) in [6.45, 7) is 11.4. The van der Waals surface area contributed by atoms with Gasteiger partial charge in [0.25, 0.3) is 5.91 Å². The third-order valence-corrected chi connectivity index (χ3v) is 7.82. The van der Waals surface area contributed by atoms with Crippen LogP contribution in [0.4, 0.5) is 0 Å². The maximum absolute atomic E-state index is 12.2. The molecule has 0 radical (unpaired) electrons. The Kier molecular flexibility index (Phi) is 12.4. The summed E-state index contributed by atoms with van der Waals surface area (Å²) in [5.41, 5.74) is 8.84. The van der Waals surface area contributed by atoms with Gasteiger partial charge < -0.3 is 30.7 Å². The number of ether oxygens (including phenoxy) is 2. The van der Waals surface area contributed by atoms with E-state index in [1.165, 1.54) is 11.9 Å². The first-order valence-electron chi connectivity index (χ1n) is 15.5. The van der Waals surface area contributed by atoms with Gasteiger partial charge in [-0.1, -0.05) is 45.0 Å². The van der Waals surface area contributed by atoms with Crippen LogP contribution in [0.25, 0.3) is 17.0 Å². The van der Waals surface area contributed by atoms with Crippen LogP contribution in [0.15, 0.2) is 36.4 Å². The number of aromatic nitrogens is 1. The number of aliphatic hydroxyl groups excluding tert-OH is 1. The Balaban J connectivity index is 0.000000255. The fraction of sp³-hybridized carbons (Fsp3) is 0.545.